The summed E-state index contributed by atoms with van der Waals surface area (Å²) in [7, 11) is 1.51. The van der Waals surface area contributed by atoms with Crippen molar-refractivity contribution in [2.45, 2.75) is 19.6 Å². The molecule has 0 radical (unpaired) electrons. The molecule has 5 rings (SSSR count). The molecule has 212 valence electrons. The number of carboxylic acid groups (broad SMARTS) is 1. The molecule has 3 aromatic carbocycles. The number of aromatic carboxylic acids is 1. The fourth-order valence-corrected chi connectivity index (χ4v) is 4.48. The van der Waals surface area contributed by atoms with Gasteiger partial charge in [-0.1, -0.05) is 18.2 Å². The molecular formula is C31H23F3N4O4. The number of halogens is 3. The van der Waals surface area contributed by atoms with E-state index in [1.807, 2.05) is 0 Å². The van der Waals surface area contributed by atoms with Gasteiger partial charge < -0.3 is 19.1 Å². The van der Waals surface area contributed by atoms with E-state index in [9.17, 15) is 14.3 Å². The second-order valence-corrected chi connectivity index (χ2v) is 9.31. The second-order valence-electron chi connectivity index (χ2n) is 9.31. The Bertz CT molecular complexity index is 1830. The highest BCUT2D eigenvalue weighted by atomic mass is 19.1. The van der Waals surface area contributed by atoms with Crippen molar-refractivity contribution in [2.24, 2.45) is 0 Å². The highest BCUT2D eigenvalue weighted by Gasteiger charge is 2.19. The van der Waals surface area contributed by atoms with E-state index < -0.39 is 23.4 Å². The highest BCUT2D eigenvalue weighted by molar-refractivity contribution is 5.92. The molecule has 0 spiro atoms. The number of hydrogen-bond donors (Lipinski definition) is 1. The summed E-state index contributed by atoms with van der Waals surface area (Å²) in [6.45, 7) is 7.40. The molecule has 0 saturated heterocycles. The summed E-state index contributed by atoms with van der Waals surface area (Å²) >= 11 is 0. The number of fused-ring (bicyclic) bond motifs is 1. The summed E-state index contributed by atoms with van der Waals surface area (Å²) in [6, 6.07) is 15.5. The van der Waals surface area contributed by atoms with Gasteiger partial charge in [0.15, 0.2) is 5.69 Å². The number of benzene rings is 3. The van der Waals surface area contributed by atoms with Crippen molar-refractivity contribution in [3.63, 3.8) is 0 Å². The smallest absolute Gasteiger partial charge is 0.335 e. The zero-order chi connectivity index (χ0) is 29.8. The van der Waals surface area contributed by atoms with E-state index in [0.29, 0.717) is 23.4 Å². The van der Waals surface area contributed by atoms with Crippen LogP contribution in [0.3, 0.4) is 0 Å². The molecule has 2 aromatic heterocycles. The Morgan fingerprint density at radius 2 is 1.79 bits per heavy atom. The van der Waals surface area contributed by atoms with Gasteiger partial charge in [0.1, 0.15) is 29.9 Å². The molecule has 11 heteroatoms. The average Bonchev–Trinajstić information content (AvgIpc) is 3.33. The number of nitrogens with zero attached hydrogens (tertiary/aromatic N) is 4. The van der Waals surface area contributed by atoms with Crippen LogP contribution in [0.5, 0.6) is 5.88 Å². The Morgan fingerprint density at radius 1 is 1.00 bits per heavy atom. The van der Waals surface area contributed by atoms with E-state index in [2.05, 4.69) is 14.8 Å². The van der Waals surface area contributed by atoms with E-state index in [1.165, 1.54) is 37.4 Å². The molecule has 0 aliphatic carbocycles. The molecule has 42 heavy (non-hydrogen) atoms. The van der Waals surface area contributed by atoms with Gasteiger partial charge in [0, 0.05) is 42.8 Å². The van der Waals surface area contributed by atoms with Crippen LogP contribution in [0.15, 0.2) is 66.7 Å². The number of ether oxygens (including phenoxy) is 2. The van der Waals surface area contributed by atoms with Crippen LogP contribution in [0.4, 0.5) is 18.9 Å². The molecule has 0 aliphatic rings. The van der Waals surface area contributed by atoms with Gasteiger partial charge in [-0.2, -0.15) is 0 Å². The normalized spacial score (nSPS) is 11.0. The number of carboxylic acids is 1. The number of methoxy groups -OCH3 is 1. The van der Waals surface area contributed by atoms with E-state index >= 15 is 8.78 Å². The van der Waals surface area contributed by atoms with Gasteiger partial charge >= 0.3 is 5.97 Å². The molecule has 0 atom stereocenters. The third-order valence-corrected chi connectivity index (χ3v) is 6.63. The van der Waals surface area contributed by atoms with E-state index in [-0.39, 0.29) is 59.1 Å². The third kappa shape index (κ3) is 5.94. The zero-order valence-electron chi connectivity index (χ0n) is 22.3. The van der Waals surface area contributed by atoms with E-state index in [1.54, 1.807) is 22.8 Å². The molecule has 0 fully saturated rings. The summed E-state index contributed by atoms with van der Waals surface area (Å²) in [5.74, 6) is -2.83. The fraction of sp³-hybridized carbons (Fsp3) is 0.161. The Hall–Kier alpha value is -5.21. The SMILES string of the molecule is [C-]#[N+]c1ccc(COc2cccc(-c3cc(F)c(Cc4nc5ccc(C(=O)O)cc5n4CCOC)c(F)c3)n2)c(F)c1. The number of carbonyl (C=O) groups is 1. The Labute approximate surface area is 238 Å². The van der Waals surface area contributed by atoms with Crippen LogP contribution in [0.1, 0.15) is 27.3 Å². The number of pyridine rings is 1. The van der Waals surface area contributed by atoms with Crippen molar-refractivity contribution in [1.82, 2.24) is 14.5 Å². The first-order valence-corrected chi connectivity index (χ1v) is 12.7. The van der Waals surface area contributed by atoms with E-state index in [0.717, 1.165) is 18.2 Å². The van der Waals surface area contributed by atoms with Crippen LogP contribution in [0.2, 0.25) is 0 Å². The van der Waals surface area contributed by atoms with Crippen LogP contribution >= 0.6 is 0 Å². The van der Waals surface area contributed by atoms with Crippen molar-refractivity contribution in [2.75, 3.05) is 13.7 Å². The summed E-state index contributed by atoms with van der Waals surface area (Å²) in [5, 5.41) is 9.38. The van der Waals surface area contributed by atoms with Gasteiger partial charge in [-0.05, 0) is 42.5 Å². The van der Waals surface area contributed by atoms with Crippen LogP contribution < -0.4 is 4.74 Å². The first-order valence-electron chi connectivity index (χ1n) is 12.7. The molecule has 0 saturated carbocycles. The van der Waals surface area contributed by atoms with Gasteiger partial charge in [0.2, 0.25) is 5.88 Å². The monoisotopic (exact) mass is 572 g/mol. The summed E-state index contributed by atoms with van der Waals surface area (Å²) in [5.41, 5.74) is 1.68. The molecule has 5 aromatic rings. The van der Waals surface area contributed by atoms with E-state index in [4.69, 9.17) is 16.0 Å². The first kappa shape index (κ1) is 28.3. The fourth-order valence-electron chi connectivity index (χ4n) is 4.48. The molecule has 0 unspecified atom stereocenters. The maximum absolute atomic E-state index is 15.4. The van der Waals surface area contributed by atoms with Gasteiger partial charge in [-0.15, -0.1) is 0 Å². The molecule has 1 N–H and O–H groups in total. The number of imidazole rings is 1. The lowest BCUT2D eigenvalue weighted by molar-refractivity contribution is 0.0697. The van der Waals surface area contributed by atoms with Crippen LogP contribution in [-0.2, 0) is 24.3 Å². The zero-order valence-corrected chi connectivity index (χ0v) is 22.3. The van der Waals surface area contributed by atoms with Crippen molar-refractivity contribution >= 4 is 22.7 Å². The maximum atomic E-state index is 15.4. The lowest BCUT2D eigenvalue weighted by Crippen LogP contribution is -2.10. The van der Waals surface area contributed by atoms with Crippen molar-refractivity contribution in [3.05, 3.63) is 118 Å². The summed E-state index contributed by atoms with van der Waals surface area (Å²) in [4.78, 5) is 23.5. The topological polar surface area (TPSA) is 90.8 Å². The van der Waals surface area contributed by atoms with Crippen LogP contribution in [0.25, 0.3) is 27.1 Å². The molecular weight excluding hydrogens is 549 g/mol. The Balaban J connectivity index is 1.40. The lowest BCUT2D eigenvalue weighted by Gasteiger charge is -2.12. The Kier molecular flexibility index (Phi) is 8.17. The molecule has 2 heterocycles. The van der Waals surface area contributed by atoms with Gasteiger partial charge in [-0.3, -0.25) is 0 Å². The Morgan fingerprint density at radius 3 is 2.48 bits per heavy atom. The predicted molar refractivity (Wildman–Crippen MR) is 148 cm³/mol. The van der Waals surface area contributed by atoms with Crippen molar-refractivity contribution in [3.8, 4) is 17.1 Å². The molecule has 0 aliphatic heterocycles. The minimum absolute atomic E-state index is 0.0659. The van der Waals surface area contributed by atoms with Crippen LogP contribution in [-0.4, -0.2) is 39.3 Å². The molecule has 8 nitrogen and oxygen atoms in total. The van der Waals surface area contributed by atoms with Crippen molar-refractivity contribution < 1.29 is 32.5 Å². The molecule has 0 bridgehead atoms. The standard InChI is InChI=1S/C31H23F3N4O4/c1-35-21-8-6-19(23(32)15-21)17-42-30-5-3-4-26(37-30)20-12-24(33)22(25(34)13-20)16-29-36-27-9-7-18(31(39)40)14-28(27)38(29)10-11-41-2/h3-9,12-15H,10-11,16-17H2,2H3,(H,39,40). The highest BCUT2D eigenvalue weighted by Crippen LogP contribution is 2.28. The number of rotatable bonds is 10. The van der Waals surface area contributed by atoms with Gasteiger partial charge in [0.25, 0.3) is 0 Å². The maximum Gasteiger partial charge on any atom is 0.335 e. The average molecular weight is 573 g/mol. The van der Waals surface area contributed by atoms with Crippen molar-refractivity contribution in [1.29, 1.82) is 0 Å². The van der Waals surface area contributed by atoms with Gasteiger partial charge in [0.05, 0.1) is 35.5 Å². The number of hydrogen-bond acceptors (Lipinski definition) is 5. The van der Waals surface area contributed by atoms with Crippen LogP contribution in [0, 0.1) is 24.0 Å². The number of aromatic nitrogens is 3. The summed E-state index contributed by atoms with van der Waals surface area (Å²) in [6.07, 6.45) is -0.187. The molecule has 0 amide bonds. The largest absolute Gasteiger partial charge is 0.478 e. The minimum atomic E-state index is -1.10. The minimum Gasteiger partial charge on any atom is -0.478 e. The van der Waals surface area contributed by atoms with Gasteiger partial charge in [-0.25, -0.2) is 32.8 Å². The first-order chi connectivity index (χ1) is 20.3. The second kappa shape index (κ2) is 12.1. The third-order valence-electron chi connectivity index (χ3n) is 6.63. The predicted octanol–water partition coefficient (Wildman–Crippen LogP) is 6.58. The lowest BCUT2D eigenvalue weighted by atomic mass is 10.0. The summed E-state index contributed by atoms with van der Waals surface area (Å²) < 4.78 is 57.4. The quantitative estimate of drug-likeness (QED) is 0.190.